The first-order chi connectivity index (χ1) is 23.1. The Bertz CT molecular complexity index is 1180. The summed E-state index contributed by atoms with van der Waals surface area (Å²) in [4.78, 5) is 53.8. The van der Waals surface area contributed by atoms with Gasteiger partial charge >= 0.3 is 13.8 Å². The predicted octanol–water partition coefficient (Wildman–Crippen LogP) is -8.33. The highest BCUT2D eigenvalue weighted by molar-refractivity contribution is 7.46. The number of nitrogens with one attached hydrogen (secondary N) is 2. The quantitative estimate of drug-likeness (QED) is 0.0577. The first-order valence-corrected chi connectivity index (χ1v) is 16.4. The van der Waals surface area contributed by atoms with Crippen LogP contribution >= 0.6 is 7.82 Å². The number of carboxylic acid groups (broad SMARTS) is 1. The van der Waals surface area contributed by atoms with Gasteiger partial charge in [0, 0.05) is 20.3 Å². The molecule has 0 aliphatic carbocycles. The predicted molar refractivity (Wildman–Crippen MR) is 155 cm³/mol. The van der Waals surface area contributed by atoms with Gasteiger partial charge in [-0.2, -0.15) is 0 Å². The zero-order valence-corrected chi connectivity index (χ0v) is 27.4. The molecule has 24 nitrogen and oxygen atoms in total. The molecule has 15 atom stereocenters. The number of aliphatic hydroxyl groups is 10. The smallest absolute Gasteiger partial charge is 0.469 e. The van der Waals surface area contributed by atoms with E-state index in [0.717, 1.165) is 13.8 Å². The molecule has 0 aromatic carbocycles. The number of aliphatic hydroxyl groups excluding tert-OH is 10. The standard InChI is InChI=1S/C25H45N2O22P/c1-8(30)26-10(4-28)16(35)21(13(34)6-46-50(42,43)44)48-23-20(39)19(38)18(37)14(47-23)7-45-25(24(40)41)3-11(32)15(27-9(2)31)22(49-25)17(36)12(33)5-29/h10-23,28-29,32-39H,3-7H2,1-2H3,(H,26,30)(H,27,31)(H,40,41)(H2,42,43,44)/t10-,11-,12+,13+,14+,15+,16+,17+,18-,19-,20+,21+,22+,23-,25+/m0/s1. The summed E-state index contributed by atoms with van der Waals surface area (Å²) < 4.78 is 37.1. The van der Waals surface area contributed by atoms with Crippen LogP contribution in [0.5, 0.6) is 0 Å². The molecule has 0 aromatic heterocycles. The van der Waals surface area contributed by atoms with Gasteiger partial charge in [-0.3, -0.25) is 14.1 Å². The number of ether oxygens (including phenoxy) is 4. The van der Waals surface area contributed by atoms with Gasteiger partial charge in [-0.25, -0.2) is 9.36 Å². The summed E-state index contributed by atoms with van der Waals surface area (Å²) in [6.07, 6.45) is -26.0. The number of carboxylic acids is 1. The van der Waals surface area contributed by atoms with Gasteiger partial charge in [0.25, 0.3) is 5.79 Å². The van der Waals surface area contributed by atoms with Gasteiger partial charge in [0.2, 0.25) is 11.8 Å². The summed E-state index contributed by atoms with van der Waals surface area (Å²) in [5, 5.41) is 118. The lowest BCUT2D eigenvalue weighted by Gasteiger charge is -2.47. The molecule has 2 aliphatic rings. The number of hydrogen-bond acceptors (Lipinski definition) is 19. The third-order valence-corrected chi connectivity index (χ3v) is 8.24. The van der Waals surface area contributed by atoms with Crippen LogP contribution in [0.2, 0.25) is 0 Å². The van der Waals surface area contributed by atoms with Crippen LogP contribution < -0.4 is 10.6 Å². The number of carbonyl (C=O) groups is 3. The van der Waals surface area contributed by atoms with E-state index in [1.54, 1.807) is 0 Å². The van der Waals surface area contributed by atoms with Gasteiger partial charge in [0.15, 0.2) is 6.29 Å². The highest BCUT2D eigenvalue weighted by Gasteiger charge is 2.57. The summed E-state index contributed by atoms with van der Waals surface area (Å²) in [6, 6.07) is -3.16. The molecule has 0 spiro atoms. The molecular weight excluding hydrogens is 711 g/mol. The van der Waals surface area contributed by atoms with Crippen molar-refractivity contribution in [1.29, 1.82) is 0 Å². The SMILES string of the molecule is CC(=O)N[C@H]1[C@H]([C@H](O)[C@H](O)CO)O[C@@](OC[C@H]2O[C@@H](O[C@@H]([C@H](O)[C@H](CO)NC(C)=O)[C@H](O)COP(=O)(O)O)[C@H](O)[C@@H](O)[C@H]2O)(C(=O)O)C[C@@H]1O. The maximum Gasteiger partial charge on any atom is 0.469 e. The summed E-state index contributed by atoms with van der Waals surface area (Å²) in [7, 11) is -5.22. The van der Waals surface area contributed by atoms with Crippen molar-refractivity contribution in [3.63, 3.8) is 0 Å². The van der Waals surface area contributed by atoms with Crippen molar-refractivity contribution >= 4 is 25.6 Å². The minimum Gasteiger partial charge on any atom is -0.477 e. The number of rotatable bonds is 18. The van der Waals surface area contributed by atoms with Crippen LogP contribution in [0.1, 0.15) is 20.3 Å². The van der Waals surface area contributed by atoms with E-state index in [1.165, 1.54) is 0 Å². The number of aliphatic carboxylic acids is 1. The molecule has 25 heteroatoms. The average Bonchev–Trinajstić information content (AvgIpc) is 3.03. The van der Waals surface area contributed by atoms with Crippen LogP contribution in [-0.4, -0.2) is 201 Å². The van der Waals surface area contributed by atoms with Crippen LogP contribution in [0.3, 0.4) is 0 Å². The second-order valence-corrected chi connectivity index (χ2v) is 12.9. The van der Waals surface area contributed by atoms with E-state index in [2.05, 4.69) is 15.2 Å². The Labute approximate surface area is 283 Å². The lowest BCUT2D eigenvalue weighted by molar-refractivity contribution is -0.348. The molecule has 2 aliphatic heterocycles. The van der Waals surface area contributed by atoms with E-state index in [-0.39, 0.29) is 0 Å². The second-order valence-electron chi connectivity index (χ2n) is 11.6. The van der Waals surface area contributed by atoms with E-state index in [4.69, 9.17) is 28.7 Å². The molecule has 2 saturated heterocycles. The summed E-state index contributed by atoms with van der Waals surface area (Å²) in [5.41, 5.74) is 0. The molecule has 292 valence electrons. The molecule has 0 bridgehead atoms. The normalized spacial score (nSPS) is 34.1. The summed E-state index contributed by atoms with van der Waals surface area (Å²) in [6.45, 7) is -2.38. The van der Waals surface area contributed by atoms with Crippen molar-refractivity contribution in [3.05, 3.63) is 0 Å². The van der Waals surface area contributed by atoms with Crippen LogP contribution in [0, 0.1) is 0 Å². The van der Waals surface area contributed by atoms with Crippen LogP contribution in [-0.2, 0) is 42.4 Å². The Hall–Kier alpha value is -2.04. The highest BCUT2D eigenvalue weighted by atomic mass is 31.2. The van der Waals surface area contributed by atoms with Gasteiger partial charge in [0.1, 0.15) is 61.0 Å². The number of carbonyl (C=O) groups excluding carboxylic acids is 2. The van der Waals surface area contributed by atoms with E-state index in [1.807, 2.05) is 0 Å². The fourth-order valence-electron chi connectivity index (χ4n) is 5.21. The Morgan fingerprint density at radius 2 is 1.56 bits per heavy atom. The first kappa shape index (κ1) is 44.1. The number of hydrogen-bond donors (Lipinski definition) is 15. The lowest BCUT2D eigenvalue weighted by Crippen LogP contribution is -2.68. The maximum absolute atomic E-state index is 12.5. The molecular formula is C25H45N2O22P. The molecule has 2 heterocycles. The van der Waals surface area contributed by atoms with Crippen molar-refractivity contribution in [1.82, 2.24) is 10.6 Å². The molecule has 50 heavy (non-hydrogen) atoms. The van der Waals surface area contributed by atoms with Crippen molar-refractivity contribution in [2.24, 2.45) is 0 Å². The van der Waals surface area contributed by atoms with Crippen LogP contribution in [0.25, 0.3) is 0 Å². The van der Waals surface area contributed by atoms with Gasteiger partial charge in [0.05, 0.1) is 44.6 Å². The van der Waals surface area contributed by atoms with Crippen molar-refractivity contribution in [2.45, 2.75) is 112 Å². The van der Waals surface area contributed by atoms with Crippen molar-refractivity contribution in [3.8, 4) is 0 Å². The zero-order valence-electron chi connectivity index (χ0n) is 26.6. The number of phosphoric ester groups is 1. The molecule has 0 aromatic rings. The lowest BCUT2D eigenvalue weighted by atomic mass is 9.88. The fraction of sp³-hybridized carbons (Fsp3) is 0.880. The minimum atomic E-state index is -5.22. The Morgan fingerprint density at radius 1 is 0.940 bits per heavy atom. The zero-order chi connectivity index (χ0) is 38.3. The largest absolute Gasteiger partial charge is 0.477 e. The van der Waals surface area contributed by atoms with Crippen LogP contribution in [0.4, 0.5) is 0 Å². The molecule has 0 unspecified atom stereocenters. The van der Waals surface area contributed by atoms with Gasteiger partial charge < -0.3 is 95.5 Å². The average molecular weight is 757 g/mol. The Balaban J connectivity index is 2.39. The summed E-state index contributed by atoms with van der Waals surface area (Å²) in [5.74, 6) is -6.44. The van der Waals surface area contributed by atoms with Gasteiger partial charge in [-0.1, -0.05) is 0 Å². The molecule has 15 N–H and O–H groups in total. The molecule has 0 radical (unpaired) electrons. The van der Waals surface area contributed by atoms with E-state index in [0.29, 0.717) is 0 Å². The molecule has 0 saturated carbocycles. The molecule has 2 fully saturated rings. The molecule has 2 rings (SSSR count). The van der Waals surface area contributed by atoms with Gasteiger partial charge in [-0.15, -0.1) is 0 Å². The van der Waals surface area contributed by atoms with Crippen molar-refractivity contribution in [2.75, 3.05) is 26.4 Å². The number of phosphoric acid groups is 1. The maximum atomic E-state index is 12.5. The third kappa shape index (κ3) is 11.5. The number of amides is 2. The topological polar surface area (TPSA) is 401 Å². The van der Waals surface area contributed by atoms with Crippen molar-refractivity contribution < 1.29 is 108 Å². The fourth-order valence-corrected chi connectivity index (χ4v) is 5.56. The Kier molecular flexibility index (Phi) is 16.4. The van der Waals surface area contributed by atoms with E-state index in [9.17, 15) is 75.1 Å². The second kappa shape index (κ2) is 18.6. The van der Waals surface area contributed by atoms with Gasteiger partial charge in [-0.05, 0) is 0 Å². The van der Waals surface area contributed by atoms with E-state index < -0.39 is 150 Å². The van der Waals surface area contributed by atoms with Crippen LogP contribution in [0.15, 0.2) is 0 Å². The highest BCUT2D eigenvalue weighted by Crippen LogP contribution is 2.37. The Morgan fingerprint density at radius 3 is 2.06 bits per heavy atom. The minimum absolute atomic E-state index is 0.765. The van der Waals surface area contributed by atoms with E-state index >= 15 is 0 Å². The molecule has 2 amide bonds. The third-order valence-electron chi connectivity index (χ3n) is 7.75. The summed E-state index contributed by atoms with van der Waals surface area (Å²) >= 11 is 0. The monoisotopic (exact) mass is 756 g/mol. The first-order valence-electron chi connectivity index (χ1n) is 14.9.